The van der Waals surface area contributed by atoms with Gasteiger partial charge in [-0.3, -0.25) is 9.89 Å². The maximum absolute atomic E-state index is 5.59. The Balaban J connectivity index is 1.63. The van der Waals surface area contributed by atoms with Crippen molar-refractivity contribution in [2.75, 3.05) is 59.5 Å². The SMILES string of the molecule is CCCCOCCCNC(=NC)NCc1ccc(CN2CCN(CC)CC2)cc1. The summed E-state index contributed by atoms with van der Waals surface area (Å²) in [4.78, 5) is 9.37. The van der Waals surface area contributed by atoms with E-state index in [4.69, 9.17) is 4.74 Å². The Morgan fingerprint density at radius 1 is 0.931 bits per heavy atom. The molecule has 0 bridgehead atoms. The number of nitrogens with one attached hydrogen (secondary N) is 2. The van der Waals surface area contributed by atoms with E-state index in [1.54, 1.807) is 0 Å². The molecule has 1 fully saturated rings. The molecule has 0 unspecified atom stereocenters. The zero-order valence-electron chi connectivity index (χ0n) is 18.8. The summed E-state index contributed by atoms with van der Waals surface area (Å²) in [6, 6.07) is 8.96. The summed E-state index contributed by atoms with van der Waals surface area (Å²) in [5.41, 5.74) is 2.67. The Morgan fingerprint density at radius 3 is 2.24 bits per heavy atom. The molecule has 1 aromatic rings. The summed E-state index contributed by atoms with van der Waals surface area (Å²) in [5.74, 6) is 0.844. The van der Waals surface area contributed by atoms with Crippen molar-refractivity contribution in [1.82, 2.24) is 20.4 Å². The summed E-state index contributed by atoms with van der Waals surface area (Å²) in [7, 11) is 1.81. The number of hydrogen-bond acceptors (Lipinski definition) is 4. The van der Waals surface area contributed by atoms with E-state index in [1.807, 2.05) is 7.05 Å². The molecule has 0 spiro atoms. The maximum atomic E-state index is 5.59. The second-order valence-corrected chi connectivity index (χ2v) is 7.70. The number of benzene rings is 1. The molecule has 0 atom stereocenters. The molecule has 1 aromatic carbocycles. The smallest absolute Gasteiger partial charge is 0.191 e. The highest BCUT2D eigenvalue weighted by atomic mass is 16.5. The molecule has 2 rings (SSSR count). The van der Waals surface area contributed by atoms with Crippen molar-refractivity contribution >= 4 is 5.96 Å². The molecule has 2 N–H and O–H groups in total. The van der Waals surface area contributed by atoms with E-state index in [1.165, 1.54) is 50.3 Å². The Labute approximate surface area is 177 Å². The molecule has 0 radical (unpaired) electrons. The lowest BCUT2D eigenvalue weighted by molar-refractivity contribution is 0.129. The van der Waals surface area contributed by atoms with Gasteiger partial charge in [0.1, 0.15) is 0 Å². The number of piperazine rings is 1. The molecule has 1 aliphatic heterocycles. The number of unbranched alkanes of at least 4 members (excludes halogenated alkanes) is 1. The highest BCUT2D eigenvalue weighted by Crippen LogP contribution is 2.10. The number of rotatable bonds is 12. The van der Waals surface area contributed by atoms with Gasteiger partial charge in [-0.25, -0.2) is 0 Å². The Bertz CT molecular complexity index is 567. The fourth-order valence-corrected chi connectivity index (χ4v) is 3.42. The van der Waals surface area contributed by atoms with Crippen molar-refractivity contribution in [3.05, 3.63) is 35.4 Å². The lowest BCUT2D eigenvalue weighted by Crippen LogP contribution is -2.45. The number of aliphatic imine (C=N–C) groups is 1. The highest BCUT2D eigenvalue weighted by Gasteiger charge is 2.15. The van der Waals surface area contributed by atoms with Gasteiger partial charge in [0.25, 0.3) is 0 Å². The van der Waals surface area contributed by atoms with E-state index >= 15 is 0 Å². The molecule has 0 aromatic heterocycles. The van der Waals surface area contributed by atoms with Crippen LogP contribution < -0.4 is 10.6 Å². The fraction of sp³-hybridized carbons (Fsp3) is 0.696. The van der Waals surface area contributed by atoms with Crippen LogP contribution in [-0.2, 0) is 17.8 Å². The number of nitrogens with zero attached hydrogens (tertiary/aromatic N) is 3. The van der Waals surface area contributed by atoms with Crippen molar-refractivity contribution < 1.29 is 4.74 Å². The first-order valence-corrected chi connectivity index (χ1v) is 11.3. The zero-order chi connectivity index (χ0) is 20.7. The molecule has 0 aliphatic carbocycles. The molecule has 0 amide bonds. The van der Waals surface area contributed by atoms with Crippen LogP contribution in [0.4, 0.5) is 0 Å². The molecular weight excluding hydrogens is 362 g/mol. The second kappa shape index (κ2) is 14.4. The van der Waals surface area contributed by atoms with Crippen LogP contribution in [0.3, 0.4) is 0 Å². The molecule has 164 valence electrons. The van der Waals surface area contributed by atoms with E-state index in [0.29, 0.717) is 0 Å². The summed E-state index contributed by atoms with van der Waals surface area (Å²) < 4.78 is 5.59. The highest BCUT2D eigenvalue weighted by molar-refractivity contribution is 5.79. The monoisotopic (exact) mass is 403 g/mol. The van der Waals surface area contributed by atoms with Gasteiger partial charge in [-0.05, 0) is 30.5 Å². The minimum atomic E-state index is 0.780. The van der Waals surface area contributed by atoms with E-state index < -0.39 is 0 Å². The lowest BCUT2D eigenvalue weighted by Gasteiger charge is -2.34. The number of likely N-dealkylation sites (N-methyl/N-ethyl adjacent to an activating group) is 1. The zero-order valence-corrected chi connectivity index (χ0v) is 18.8. The largest absolute Gasteiger partial charge is 0.381 e. The van der Waals surface area contributed by atoms with Crippen LogP contribution in [0.25, 0.3) is 0 Å². The van der Waals surface area contributed by atoms with Gasteiger partial charge in [0, 0.05) is 66.1 Å². The number of ether oxygens (including phenoxy) is 1. The van der Waals surface area contributed by atoms with Crippen molar-refractivity contribution in [1.29, 1.82) is 0 Å². The van der Waals surface area contributed by atoms with Crippen molar-refractivity contribution in [2.45, 2.75) is 46.2 Å². The third-order valence-electron chi connectivity index (χ3n) is 5.42. The minimum absolute atomic E-state index is 0.780. The van der Waals surface area contributed by atoms with Gasteiger partial charge in [-0.2, -0.15) is 0 Å². The first-order valence-electron chi connectivity index (χ1n) is 11.3. The fourth-order valence-electron chi connectivity index (χ4n) is 3.42. The van der Waals surface area contributed by atoms with Gasteiger partial charge in [-0.1, -0.05) is 44.5 Å². The van der Waals surface area contributed by atoms with Gasteiger partial charge in [0.05, 0.1) is 0 Å². The van der Waals surface area contributed by atoms with E-state index in [-0.39, 0.29) is 0 Å². The molecule has 1 saturated heterocycles. The second-order valence-electron chi connectivity index (χ2n) is 7.70. The van der Waals surface area contributed by atoms with Gasteiger partial charge in [0.2, 0.25) is 0 Å². The summed E-state index contributed by atoms with van der Waals surface area (Å²) >= 11 is 0. The Hall–Kier alpha value is -1.63. The summed E-state index contributed by atoms with van der Waals surface area (Å²) in [6.45, 7) is 14.7. The normalized spacial score (nSPS) is 16.2. The third-order valence-corrected chi connectivity index (χ3v) is 5.42. The quantitative estimate of drug-likeness (QED) is 0.319. The molecule has 1 aliphatic rings. The molecular formula is C23H41N5O. The average molecular weight is 404 g/mol. The van der Waals surface area contributed by atoms with Gasteiger partial charge < -0.3 is 20.3 Å². The van der Waals surface area contributed by atoms with E-state index in [9.17, 15) is 0 Å². The van der Waals surface area contributed by atoms with Crippen LogP contribution in [0.5, 0.6) is 0 Å². The van der Waals surface area contributed by atoms with Crippen LogP contribution in [-0.4, -0.2) is 75.3 Å². The molecule has 6 nitrogen and oxygen atoms in total. The van der Waals surface area contributed by atoms with Crippen LogP contribution in [0, 0.1) is 0 Å². The Morgan fingerprint density at radius 2 is 1.59 bits per heavy atom. The summed E-state index contributed by atoms with van der Waals surface area (Å²) in [5, 5.41) is 6.74. The first kappa shape index (κ1) is 23.6. The average Bonchev–Trinajstić information content (AvgIpc) is 2.76. The van der Waals surface area contributed by atoms with Crippen molar-refractivity contribution in [3.63, 3.8) is 0 Å². The van der Waals surface area contributed by atoms with Crippen molar-refractivity contribution in [2.24, 2.45) is 4.99 Å². The van der Waals surface area contributed by atoms with Crippen molar-refractivity contribution in [3.8, 4) is 0 Å². The number of guanidine groups is 1. The van der Waals surface area contributed by atoms with E-state index in [2.05, 4.69) is 63.5 Å². The molecule has 0 saturated carbocycles. The predicted octanol–water partition coefficient (Wildman–Crippen LogP) is 2.70. The van der Waals surface area contributed by atoms with Crippen LogP contribution in [0.15, 0.2) is 29.3 Å². The maximum Gasteiger partial charge on any atom is 0.191 e. The Kier molecular flexibility index (Phi) is 11.7. The van der Waals surface area contributed by atoms with Crippen LogP contribution in [0.2, 0.25) is 0 Å². The van der Waals surface area contributed by atoms with Crippen LogP contribution >= 0.6 is 0 Å². The standard InChI is InChI=1S/C23H41N5O/c1-4-6-17-29-18-7-12-25-23(24-3)26-19-21-8-10-22(11-9-21)20-28-15-13-27(5-2)14-16-28/h8-11H,4-7,12-20H2,1-3H3,(H2,24,25,26). The third kappa shape index (κ3) is 9.61. The van der Waals surface area contributed by atoms with Crippen LogP contribution in [0.1, 0.15) is 44.2 Å². The predicted molar refractivity (Wildman–Crippen MR) is 122 cm³/mol. The molecule has 29 heavy (non-hydrogen) atoms. The van der Waals surface area contributed by atoms with Gasteiger partial charge >= 0.3 is 0 Å². The number of hydrogen-bond donors (Lipinski definition) is 2. The van der Waals surface area contributed by atoms with E-state index in [0.717, 1.165) is 51.6 Å². The molecule has 6 heteroatoms. The minimum Gasteiger partial charge on any atom is -0.381 e. The van der Waals surface area contributed by atoms with Gasteiger partial charge in [-0.15, -0.1) is 0 Å². The van der Waals surface area contributed by atoms with Gasteiger partial charge in [0.15, 0.2) is 5.96 Å². The lowest BCUT2D eigenvalue weighted by atomic mass is 10.1. The topological polar surface area (TPSA) is 52.1 Å². The summed E-state index contributed by atoms with van der Waals surface area (Å²) in [6.07, 6.45) is 3.32. The first-order chi connectivity index (χ1) is 14.2. The molecule has 1 heterocycles.